The van der Waals surface area contributed by atoms with E-state index < -0.39 is 4.92 Å². The van der Waals surface area contributed by atoms with Gasteiger partial charge in [-0.25, -0.2) is 4.98 Å². The first kappa shape index (κ1) is 13.6. The van der Waals surface area contributed by atoms with Gasteiger partial charge in [-0.3, -0.25) is 14.7 Å². The molecule has 0 aliphatic carbocycles. The van der Waals surface area contributed by atoms with Gasteiger partial charge in [0.25, 0.3) is 5.69 Å². The molecule has 6 heteroatoms. The van der Waals surface area contributed by atoms with Gasteiger partial charge in [-0.1, -0.05) is 23.7 Å². The van der Waals surface area contributed by atoms with Crippen LogP contribution in [0, 0.1) is 24.0 Å². The highest BCUT2D eigenvalue weighted by Gasteiger charge is 2.18. The van der Waals surface area contributed by atoms with E-state index in [9.17, 15) is 10.1 Å². The normalized spacial score (nSPS) is 11.0. The molecule has 0 fully saturated rings. The largest absolute Gasteiger partial charge is 0.296 e. The summed E-state index contributed by atoms with van der Waals surface area (Å²) in [5.74, 6) is 0.809. The highest BCUT2D eigenvalue weighted by Crippen LogP contribution is 2.32. The molecule has 2 aromatic carbocycles. The maximum atomic E-state index is 11.0. The average Bonchev–Trinajstić information content (AvgIpc) is 2.76. The molecule has 0 atom stereocenters. The molecule has 0 unspecified atom stereocenters. The second-order valence-electron chi connectivity index (χ2n) is 4.83. The lowest BCUT2D eigenvalue weighted by atomic mass is 10.1. The van der Waals surface area contributed by atoms with E-state index in [1.54, 1.807) is 6.07 Å². The molecule has 1 heterocycles. The number of fused-ring (bicyclic) bond motifs is 1. The molecule has 3 rings (SSSR count). The molecular weight excluding hydrogens is 290 g/mol. The number of halogens is 1. The van der Waals surface area contributed by atoms with E-state index in [4.69, 9.17) is 11.6 Å². The van der Waals surface area contributed by atoms with Crippen LogP contribution in [0.15, 0.2) is 36.4 Å². The van der Waals surface area contributed by atoms with Crippen molar-refractivity contribution >= 4 is 28.3 Å². The Labute approximate surface area is 125 Å². The van der Waals surface area contributed by atoms with Crippen LogP contribution in [0.2, 0.25) is 5.02 Å². The average molecular weight is 302 g/mol. The van der Waals surface area contributed by atoms with E-state index in [1.165, 1.54) is 6.07 Å². The molecular formula is C15H12ClN3O2. The molecule has 3 aromatic rings. The highest BCUT2D eigenvalue weighted by atomic mass is 35.5. The molecule has 0 spiro atoms. The Hall–Kier alpha value is -2.40. The number of hydrogen-bond acceptors (Lipinski definition) is 3. The molecule has 0 aliphatic heterocycles. The van der Waals surface area contributed by atoms with Crippen LogP contribution >= 0.6 is 11.6 Å². The third-order valence-corrected chi connectivity index (χ3v) is 3.73. The Balaban J connectivity index is 2.31. The lowest BCUT2D eigenvalue weighted by molar-refractivity contribution is -0.384. The first-order valence-electron chi connectivity index (χ1n) is 6.38. The van der Waals surface area contributed by atoms with Gasteiger partial charge in [0.05, 0.1) is 21.6 Å². The van der Waals surface area contributed by atoms with Crippen molar-refractivity contribution in [1.29, 1.82) is 0 Å². The molecule has 0 saturated heterocycles. The minimum absolute atomic E-state index is 0.0833. The molecule has 106 valence electrons. The van der Waals surface area contributed by atoms with Crippen LogP contribution in [-0.2, 0) is 0 Å². The number of para-hydroxylation sites is 2. The summed E-state index contributed by atoms with van der Waals surface area (Å²) in [6.07, 6.45) is 0. The molecule has 0 bridgehead atoms. The number of nitrogens with zero attached hydrogens (tertiary/aromatic N) is 3. The molecule has 0 amide bonds. The standard InChI is InChI=1S/C15H12ClN3O2/c1-9-7-15(19(20)21)11(16)8-14(9)18-10(2)17-12-5-3-4-6-13(12)18/h3-8H,1-2H3. The predicted molar refractivity (Wildman–Crippen MR) is 82.2 cm³/mol. The van der Waals surface area contributed by atoms with Gasteiger partial charge in [0.2, 0.25) is 0 Å². The molecule has 5 nitrogen and oxygen atoms in total. The maximum Gasteiger partial charge on any atom is 0.288 e. The van der Waals surface area contributed by atoms with Gasteiger partial charge < -0.3 is 0 Å². The van der Waals surface area contributed by atoms with Gasteiger partial charge in [-0.2, -0.15) is 0 Å². The fourth-order valence-electron chi connectivity index (χ4n) is 2.49. The van der Waals surface area contributed by atoms with Crippen molar-refractivity contribution in [3.63, 3.8) is 0 Å². The number of rotatable bonds is 2. The van der Waals surface area contributed by atoms with E-state index in [0.717, 1.165) is 28.1 Å². The van der Waals surface area contributed by atoms with Crippen LogP contribution in [0.3, 0.4) is 0 Å². The van der Waals surface area contributed by atoms with Crippen LogP contribution in [-0.4, -0.2) is 14.5 Å². The monoisotopic (exact) mass is 301 g/mol. The summed E-state index contributed by atoms with van der Waals surface area (Å²) in [7, 11) is 0. The third-order valence-electron chi connectivity index (χ3n) is 3.43. The topological polar surface area (TPSA) is 61.0 Å². The Kier molecular flexibility index (Phi) is 3.14. The van der Waals surface area contributed by atoms with Crippen LogP contribution in [0.1, 0.15) is 11.4 Å². The number of nitro groups is 1. The van der Waals surface area contributed by atoms with Crippen molar-refractivity contribution < 1.29 is 4.92 Å². The number of benzene rings is 2. The van der Waals surface area contributed by atoms with Gasteiger partial charge in [-0.05, 0) is 37.6 Å². The van der Waals surface area contributed by atoms with Crippen LogP contribution in [0.5, 0.6) is 0 Å². The zero-order chi connectivity index (χ0) is 15.1. The highest BCUT2D eigenvalue weighted by molar-refractivity contribution is 6.32. The predicted octanol–water partition coefficient (Wildman–Crippen LogP) is 4.20. The van der Waals surface area contributed by atoms with Gasteiger partial charge in [0, 0.05) is 6.07 Å². The Morgan fingerprint density at radius 2 is 1.95 bits per heavy atom. The van der Waals surface area contributed by atoms with Crippen LogP contribution in [0.4, 0.5) is 5.69 Å². The minimum Gasteiger partial charge on any atom is -0.296 e. The van der Waals surface area contributed by atoms with E-state index >= 15 is 0 Å². The van der Waals surface area contributed by atoms with Gasteiger partial charge >= 0.3 is 0 Å². The summed E-state index contributed by atoms with van der Waals surface area (Å²) in [4.78, 5) is 15.0. The first-order valence-corrected chi connectivity index (χ1v) is 6.76. The summed E-state index contributed by atoms with van der Waals surface area (Å²) in [6, 6.07) is 10.9. The van der Waals surface area contributed by atoms with Crippen molar-refractivity contribution in [2.24, 2.45) is 0 Å². The Bertz CT molecular complexity index is 871. The van der Waals surface area contributed by atoms with Gasteiger partial charge in [0.15, 0.2) is 0 Å². The lowest BCUT2D eigenvalue weighted by Crippen LogP contribution is -2.01. The second-order valence-corrected chi connectivity index (χ2v) is 5.24. The Morgan fingerprint density at radius 3 is 2.67 bits per heavy atom. The lowest BCUT2D eigenvalue weighted by Gasteiger charge is -2.11. The molecule has 21 heavy (non-hydrogen) atoms. The van der Waals surface area contributed by atoms with Crippen LogP contribution < -0.4 is 0 Å². The smallest absolute Gasteiger partial charge is 0.288 e. The number of aromatic nitrogens is 2. The summed E-state index contributed by atoms with van der Waals surface area (Å²) in [6.45, 7) is 3.72. The zero-order valence-corrected chi connectivity index (χ0v) is 12.3. The van der Waals surface area contributed by atoms with E-state index in [1.807, 2.05) is 42.7 Å². The SMILES string of the molecule is Cc1cc([N+](=O)[O-])c(Cl)cc1-n1c(C)nc2ccccc21. The maximum absolute atomic E-state index is 11.0. The van der Waals surface area contributed by atoms with Crippen molar-refractivity contribution in [3.05, 3.63) is 62.9 Å². The van der Waals surface area contributed by atoms with Gasteiger partial charge in [0.1, 0.15) is 10.8 Å². The van der Waals surface area contributed by atoms with Crippen molar-refractivity contribution in [2.75, 3.05) is 0 Å². The summed E-state index contributed by atoms with van der Waals surface area (Å²) in [5, 5.41) is 11.1. The molecule has 0 N–H and O–H groups in total. The fourth-order valence-corrected chi connectivity index (χ4v) is 2.71. The zero-order valence-electron chi connectivity index (χ0n) is 11.5. The first-order chi connectivity index (χ1) is 9.99. The summed E-state index contributed by atoms with van der Waals surface area (Å²) >= 11 is 6.04. The van der Waals surface area contributed by atoms with Crippen LogP contribution in [0.25, 0.3) is 16.7 Å². The van der Waals surface area contributed by atoms with E-state index in [-0.39, 0.29) is 10.7 Å². The van der Waals surface area contributed by atoms with Crippen molar-refractivity contribution in [1.82, 2.24) is 9.55 Å². The summed E-state index contributed by atoms with van der Waals surface area (Å²) in [5.41, 5.74) is 3.32. The molecule has 0 aliphatic rings. The van der Waals surface area contributed by atoms with Crippen molar-refractivity contribution in [3.8, 4) is 5.69 Å². The molecule has 0 saturated carbocycles. The minimum atomic E-state index is -0.474. The molecule has 0 radical (unpaired) electrons. The van der Waals surface area contributed by atoms with E-state index in [0.29, 0.717) is 0 Å². The number of aryl methyl sites for hydroxylation is 2. The quantitative estimate of drug-likeness (QED) is 0.526. The van der Waals surface area contributed by atoms with E-state index in [2.05, 4.69) is 4.98 Å². The second kappa shape index (κ2) is 4.86. The van der Waals surface area contributed by atoms with Gasteiger partial charge in [-0.15, -0.1) is 0 Å². The number of nitro benzene ring substituents is 1. The Morgan fingerprint density at radius 1 is 1.24 bits per heavy atom. The van der Waals surface area contributed by atoms with Crippen molar-refractivity contribution in [2.45, 2.75) is 13.8 Å². The number of imidazole rings is 1. The number of hydrogen-bond donors (Lipinski definition) is 0. The molecule has 1 aromatic heterocycles. The summed E-state index contributed by atoms with van der Waals surface area (Å²) < 4.78 is 1.96. The third kappa shape index (κ3) is 2.15. The fraction of sp³-hybridized carbons (Fsp3) is 0.133.